The number of halogens is 1. The molecule has 0 radical (unpaired) electrons. The molecule has 1 rings (SSSR count). The maximum Gasteiger partial charge on any atom is 0.128 e. The zero-order chi connectivity index (χ0) is 8.97. The highest BCUT2D eigenvalue weighted by Gasteiger charge is 1.99. The lowest BCUT2D eigenvalue weighted by Crippen LogP contribution is -2.00. The summed E-state index contributed by atoms with van der Waals surface area (Å²) in [6, 6.07) is 0. The molecule has 12 heavy (non-hydrogen) atoms. The van der Waals surface area contributed by atoms with E-state index in [0.717, 1.165) is 17.8 Å². The molecule has 0 saturated heterocycles. The van der Waals surface area contributed by atoms with Crippen LogP contribution in [0, 0.1) is 5.92 Å². The van der Waals surface area contributed by atoms with E-state index >= 15 is 0 Å². The van der Waals surface area contributed by atoms with E-state index < -0.39 is 0 Å². The summed E-state index contributed by atoms with van der Waals surface area (Å²) in [6.45, 7) is 4.30. The number of alkyl halides is 1. The predicted molar refractivity (Wildman–Crippen MR) is 50.1 cm³/mol. The maximum absolute atomic E-state index is 5.60. The van der Waals surface area contributed by atoms with E-state index in [-0.39, 0.29) is 0 Å². The Balaban J connectivity index is 2.65. The standard InChI is InChI=1S/C9H13ClN2/c1-7(2)3-9-11-5-8(4-10)6-12-9/h5-7H,3-4H2,1-2H3. The van der Waals surface area contributed by atoms with Crippen molar-refractivity contribution in [3.63, 3.8) is 0 Å². The molecule has 0 aliphatic carbocycles. The van der Waals surface area contributed by atoms with Gasteiger partial charge in [-0.15, -0.1) is 11.6 Å². The van der Waals surface area contributed by atoms with Crippen LogP contribution in [0.5, 0.6) is 0 Å². The van der Waals surface area contributed by atoms with E-state index in [2.05, 4.69) is 23.8 Å². The van der Waals surface area contributed by atoms with Crippen LogP contribution < -0.4 is 0 Å². The Kier molecular flexibility index (Phi) is 3.48. The van der Waals surface area contributed by atoms with Gasteiger partial charge >= 0.3 is 0 Å². The van der Waals surface area contributed by atoms with Gasteiger partial charge in [0.15, 0.2) is 0 Å². The largest absolute Gasteiger partial charge is 0.241 e. The van der Waals surface area contributed by atoms with Crippen molar-refractivity contribution in [1.82, 2.24) is 9.97 Å². The highest BCUT2D eigenvalue weighted by molar-refractivity contribution is 6.17. The number of hydrogen-bond acceptors (Lipinski definition) is 2. The lowest BCUT2D eigenvalue weighted by molar-refractivity contribution is 0.620. The molecule has 0 N–H and O–H groups in total. The fraction of sp³-hybridized carbons (Fsp3) is 0.556. The van der Waals surface area contributed by atoms with Crippen molar-refractivity contribution in [2.24, 2.45) is 5.92 Å². The van der Waals surface area contributed by atoms with Gasteiger partial charge in [0.05, 0.1) is 5.88 Å². The minimum Gasteiger partial charge on any atom is -0.241 e. The second-order valence-electron chi connectivity index (χ2n) is 3.24. The topological polar surface area (TPSA) is 25.8 Å². The smallest absolute Gasteiger partial charge is 0.128 e. The first-order valence-corrected chi connectivity index (χ1v) is 4.61. The van der Waals surface area contributed by atoms with Gasteiger partial charge < -0.3 is 0 Å². The molecule has 0 aliphatic heterocycles. The van der Waals surface area contributed by atoms with E-state index in [9.17, 15) is 0 Å². The van der Waals surface area contributed by atoms with Crippen LogP contribution >= 0.6 is 11.6 Å². The molecule has 0 amide bonds. The molecule has 3 heteroatoms. The van der Waals surface area contributed by atoms with Crippen LogP contribution in [0.1, 0.15) is 25.2 Å². The van der Waals surface area contributed by atoms with Crippen LogP contribution in [0.3, 0.4) is 0 Å². The van der Waals surface area contributed by atoms with Crippen LogP contribution in [0.15, 0.2) is 12.4 Å². The minimum atomic E-state index is 0.488. The molecule has 1 aromatic heterocycles. The molecule has 0 aliphatic rings. The summed E-state index contributed by atoms with van der Waals surface area (Å²) in [5.74, 6) is 1.99. The highest BCUT2D eigenvalue weighted by Crippen LogP contribution is 2.04. The van der Waals surface area contributed by atoms with Gasteiger partial charge in [0.1, 0.15) is 5.82 Å². The second kappa shape index (κ2) is 4.41. The van der Waals surface area contributed by atoms with Crippen LogP contribution in [-0.2, 0) is 12.3 Å². The molecule has 1 aromatic rings. The monoisotopic (exact) mass is 184 g/mol. The molecule has 0 atom stereocenters. The summed E-state index contributed by atoms with van der Waals surface area (Å²) in [7, 11) is 0. The van der Waals surface area contributed by atoms with Gasteiger partial charge in [-0.1, -0.05) is 13.8 Å². The quantitative estimate of drug-likeness (QED) is 0.675. The Hall–Kier alpha value is -0.630. The van der Waals surface area contributed by atoms with E-state index in [0.29, 0.717) is 11.8 Å². The molecule has 2 nitrogen and oxygen atoms in total. The molecule has 0 aromatic carbocycles. The lowest BCUT2D eigenvalue weighted by Gasteiger charge is -2.02. The van der Waals surface area contributed by atoms with Crippen LogP contribution in [0.25, 0.3) is 0 Å². The Morgan fingerprint density at radius 3 is 2.33 bits per heavy atom. The van der Waals surface area contributed by atoms with Crippen molar-refractivity contribution in [3.05, 3.63) is 23.8 Å². The molecule has 0 spiro atoms. The molecule has 0 bridgehead atoms. The zero-order valence-electron chi connectivity index (χ0n) is 7.42. The van der Waals surface area contributed by atoms with Crippen molar-refractivity contribution < 1.29 is 0 Å². The summed E-state index contributed by atoms with van der Waals surface area (Å²) >= 11 is 5.60. The minimum absolute atomic E-state index is 0.488. The number of nitrogens with zero attached hydrogens (tertiary/aromatic N) is 2. The molecule has 66 valence electrons. The van der Waals surface area contributed by atoms with Gasteiger partial charge in [-0.05, 0) is 5.92 Å². The fourth-order valence-electron chi connectivity index (χ4n) is 0.921. The van der Waals surface area contributed by atoms with Crippen molar-refractivity contribution in [2.45, 2.75) is 26.1 Å². The van der Waals surface area contributed by atoms with E-state index in [1.54, 1.807) is 12.4 Å². The first-order chi connectivity index (χ1) is 5.72. The van der Waals surface area contributed by atoms with Crippen LogP contribution in [-0.4, -0.2) is 9.97 Å². The van der Waals surface area contributed by atoms with Gasteiger partial charge in [0.2, 0.25) is 0 Å². The Labute approximate surface area is 78.0 Å². The molecule has 1 heterocycles. The second-order valence-corrected chi connectivity index (χ2v) is 3.51. The summed E-state index contributed by atoms with van der Waals surface area (Å²) in [5, 5.41) is 0. The first-order valence-electron chi connectivity index (χ1n) is 4.08. The highest BCUT2D eigenvalue weighted by atomic mass is 35.5. The number of aromatic nitrogens is 2. The third kappa shape index (κ3) is 2.78. The Morgan fingerprint density at radius 2 is 1.92 bits per heavy atom. The fourth-order valence-corrected chi connectivity index (χ4v) is 1.06. The van der Waals surface area contributed by atoms with Crippen molar-refractivity contribution in [3.8, 4) is 0 Å². The van der Waals surface area contributed by atoms with Crippen molar-refractivity contribution >= 4 is 11.6 Å². The summed E-state index contributed by atoms with van der Waals surface area (Å²) in [6.07, 6.45) is 4.51. The van der Waals surface area contributed by atoms with E-state index in [1.807, 2.05) is 0 Å². The molecular weight excluding hydrogens is 172 g/mol. The summed E-state index contributed by atoms with van der Waals surface area (Å²) < 4.78 is 0. The predicted octanol–water partition coefficient (Wildman–Crippen LogP) is 2.41. The molecular formula is C9H13ClN2. The Bertz CT molecular complexity index is 231. The van der Waals surface area contributed by atoms with Crippen molar-refractivity contribution in [1.29, 1.82) is 0 Å². The average Bonchev–Trinajstić information content (AvgIpc) is 2.05. The zero-order valence-corrected chi connectivity index (χ0v) is 8.17. The Morgan fingerprint density at radius 1 is 1.33 bits per heavy atom. The van der Waals surface area contributed by atoms with Gasteiger partial charge in [-0.2, -0.15) is 0 Å². The SMILES string of the molecule is CC(C)Cc1ncc(CCl)cn1. The third-order valence-corrected chi connectivity index (χ3v) is 1.81. The third-order valence-electron chi connectivity index (χ3n) is 1.50. The van der Waals surface area contributed by atoms with Gasteiger partial charge in [0, 0.05) is 24.4 Å². The normalized spacial score (nSPS) is 10.7. The van der Waals surface area contributed by atoms with Crippen molar-refractivity contribution in [2.75, 3.05) is 0 Å². The summed E-state index contributed by atoms with van der Waals surface area (Å²) in [5.41, 5.74) is 0.976. The molecule has 0 unspecified atom stereocenters. The van der Waals surface area contributed by atoms with E-state index in [1.165, 1.54) is 0 Å². The van der Waals surface area contributed by atoms with Gasteiger partial charge in [-0.25, -0.2) is 9.97 Å². The van der Waals surface area contributed by atoms with Crippen LogP contribution in [0.4, 0.5) is 0 Å². The maximum atomic E-state index is 5.60. The molecule has 0 fully saturated rings. The van der Waals surface area contributed by atoms with Gasteiger partial charge in [-0.3, -0.25) is 0 Å². The average molecular weight is 185 g/mol. The molecule has 0 saturated carbocycles. The number of hydrogen-bond donors (Lipinski definition) is 0. The first kappa shape index (κ1) is 9.46. The number of rotatable bonds is 3. The van der Waals surface area contributed by atoms with Gasteiger partial charge in [0.25, 0.3) is 0 Å². The van der Waals surface area contributed by atoms with Crippen LogP contribution in [0.2, 0.25) is 0 Å². The van der Waals surface area contributed by atoms with E-state index in [4.69, 9.17) is 11.6 Å². The summed E-state index contributed by atoms with van der Waals surface area (Å²) in [4.78, 5) is 8.39. The lowest BCUT2D eigenvalue weighted by atomic mass is 10.1.